The highest BCUT2D eigenvalue weighted by molar-refractivity contribution is 5.30. The van der Waals surface area contributed by atoms with Crippen LogP contribution < -0.4 is 10.1 Å². The van der Waals surface area contributed by atoms with Crippen LogP contribution in [-0.2, 0) is 7.05 Å². The van der Waals surface area contributed by atoms with E-state index in [1.807, 2.05) is 30.1 Å². The Morgan fingerprint density at radius 2 is 2.00 bits per heavy atom. The van der Waals surface area contributed by atoms with Gasteiger partial charge in [-0.1, -0.05) is 12.1 Å². The van der Waals surface area contributed by atoms with Gasteiger partial charge in [0.25, 0.3) is 0 Å². The Balaban J connectivity index is 2.10. The molecular weight excluding hydrogens is 250 g/mol. The van der Waals surface area contributed by atoms with Crippen LogP contribution in [0.15, 0.2) is 30.5 Å². The lowest BCUT2D eigenvalue weighted by Gasteiger charge is -2.20. The fraction of sp³-hybridized carbons (Fsp3) is 0.438. The highest BCUT2D eigenvalue weighted by atomic mass is 16.5. The van der Waals surface area contributed by atoms with Gasteiger partial charge in [0.15, 0.2) is 0 Å². The van der Waals surface area contributed by atoms with E-state index in [2.05, 4.69) is 43.3 Å². The smallest absolute Gasteiger partial charge is 0.119 e. The summed E-state index contributed by atoms with van der Waals surface area (Å²) in [6, 6.07) is 8.67. The normalized spacial score (nSPS) is 14.1. The zero-order valence-corrected chi connectivity index (χ0v) is 12.8. The standard InChI is InChI=1S/C16H23N3O/c1-11(14-7-6-8-15(9-14)20-5)18-12(2)16-10-17-19(4)13(16)3/h6-12,18H,1-5H3. The number of rotatable bonds is 5. The molecule has 108 valence electrons. The van der Waals surface area contributed by atoms with Gasteiger partial charge in [0.1, 0.15) is 5.75 Å². The molecule has 0 saturated heterocycles. The van der Waals surface area contributed by atoms with Crippen molar-refractivity contribution in [3.05, 3.63) is 47.3 Å². The van der Waals surface area contributed by atoms with Crippen molar-refractivity contribution >= 4 is 0 Å². The quantitative estimate of drug-likeness (QED) is 0.909. The number of aromatic nitrogens is 2. The van der Waals surface area contributed by atoms with Crippen molar-refractivity contribution < 1.29 is 4.74 Å². The van der Waals surface area contributed by atoms with E-state index in [-0.39, 0.29) is 12.1 Å². The second-order valence-electron chi connectivity index (χ2n) is 5.20. The van der Waals surface area contributed by atoms with Crippen molar-refractivity contribution in [2.24, 2.45) is 7.05 Å². The van der Waals surface area contributed by atoms with E-state index in [0.717, 1.165) is 5.75 Å². The number of nitrogens with one attached hydrogen (secondary N) is 1. The van der Waals surface area contributed by atoms with Crippen molar-refractivity contribution in [2.45, 2.75) is 32.9 Å². The third kappa shape index (κ3) is 3.02. The minimum Gasteiger partial charge on any atom is -0.497 e. The van der Waals surface area contributed by atoms with Crippen LogP contribution >= 0.6 is 0 Å². The van der Waals surface area contributed by atoms with Gasteiger partial charge >= 0.3 is 0 Å². The summed E-state index contributed by atoms with van der Waals surface area (Å²) in [5.74, 6) is 0.890. The van der Waals surface area contributed by atoms with E-state index in [4.69, 9.17) is 4.74 Å². The van der Waals surface area contributed by atoms with Crippen LogP contribution in [0.4, 0.5) is 0 Å². The highest BCUT2D eigenvalue weighted by Gasteiger charge is 2.15. The molecule has 2 unspecified atom stereocenters. The Morgan fingerprint density at radius 3 is 2.60 bits per heavy atom. The average Bonchev–Trinajstić information content (AvgIpc) is 2.79. The molecule has 2 rings (SSSR count). The first-order chi connectivity index (χ1) is 9.52. The largest absolute Gasteiger partial charge is 0.497 e. The highest BCUT2D eigenvalue weighted by Crippen LogP contribution is 2.23. The number of methoxy groups -OCH3 is 1. The monoisotopic (exact) mass is 273 g/mol. The maximum atomic E-state index is 5.28. The number of nitrogens with zero attached hydrogens (tertiary/aromatic N) is 2. The molecule has 20 heavy (non-hydrogen) atoms. The van der Waals surface area contributed by atoms with Crippen LogP contribution in [0, 0.1) is 6.92 Å². The summed E-state index contributed by atoms with van der Waals surface area (Å²) >= 11 is 0. The molecule has 0 amide bonds. The molecule has 0 bridgehead atoms. The van der Waals surface area contributed by atoms with Gasteiger partial charge in [-0.2, -0.15) is 5.10 Å². The average molecular weight is 273 g/mol. The Kier molecular flexibility index (Phi) is 4.45. The SMILES string of the molecule is COc1cccc(C(C)NC(C)c2cnn(C)c2C)c1. The second kappa shape index (κ2) is 6.09. The molecular formula is C16H23N3O. The van der Waals surface area contributed by atoms with Gasteiger partial charge < -0.3 is 10.1 Å². The minimum absolute atomic E-state index is 0.250. The molecule has 0 radical (unpaired) electrons. The van der Waals surface area contributed by atoms with E-state index in [0.29, 0.717) is 0 Å². The summed E-state index contributed by atoms with van der Waals surface area (Å²) in [7, 11) is 3.66. The summed E-state index contributed by atoms with van der Waals surface area (Å²) in [6.45, 7) is 6.42. The molecule has 1 aromatic heterocycles. The van der Waals surface area contributed by atoms with Crippen molar-refractivity contribution in [2.75, 3.05) is 7.11 Å². The number of ether oxygens (including phenoxy) is 1. The molecule has 4 nitrogen and oxygen atoms in total. The first-order valence-corrected chi connectivity index (χ1v) is 6.91. The van der Waals surface area contributed by atoms with E-state index in [9.17, 15) is 0 Å². The number of hydrogen-bond acceptors (Lipinski definition) is 3. The molecule has 2 aromatic rings. The topological polar surface area (TPSA) is 39.1 Å². The van der Waals surface area contributed by atoms with Gasteiger partial charge in [-0.25, -0.2) is 0 Å². The predicted octanol–water partition coefficient (Wildman–Crippen LogP) is 3.15. The molecule has 0 spiro atoms. The molecule has 1 heterocycles. The molecule has 1 aromatic carbocycles. The Labute approximate surface area is 120 Å². The van der Waals surface area contributed by atoms with E-state index in [1.165, 1.54) is 16.8 Å². The number of hydrogen-bond donors (Lipinski definition) is 1. The van der Waals surface area contributed by atoms with Gasteiger partial charge in [0, 0.05) is 30.4 Å². The zero-order valence-electron chi connectivity index (χ0n) is 12.8. The second-order valence-corrected chi connectivity index (χ2v) is 5.20. The van der Waals surface area contributed by atoms with E-state index in [1.54, 1.807) is 7.11 Å². The molecule has 0 aliphatic rings. The van der Waals surface area contributed by atoms with Crippen LogP contribution in [0.1, 0.15) is 42.8 Å². The van der Waals surface area contributed by atoms with Gasteiger partial charge in [0.2, 0.25) is 0 Å². The van der Waals surface area contributed by atoms with Gasteiger partial charge in [0.05, 0.1) is 13.3 Å². The van der Waals surface area contributed by atoms with Crippen LogP contribution in [0.5, 0.6) is 5.75 Å². The lowest BCUT2D eigenvalue weighted by molar-refractivity contribution is 0.412. The molecule has 2 atom stereocenters. The van der Waals surface area contributed by atoms with Crippen LogP contribution in [0.2, 0.25) is 0 Å². The van der Waals surface area contributed by atoms with Gasteiger partial charge in [-0.05, 0) is 38.5 Å². The lowest BCUT2D eigenvalue weighted by atomic mass is 10.0. The zero-order chi connectivity index (χ0) is 14.7. The Bertz CT molecular complexity index is 577. The molecule has 0 saturated carbocycles. The maximum absolute atomic E-state index is 5.28. The van der Waals surface area contributed by atoms with Gasteiger partial charge in [-0.3, -0.25) is 4.68 Å². The summed E-state index contributed by atoms with van der Waals surface area (Å²) in [5, 5.41) is 7.91. The van der Waals surface area contributed by atoms with E-state index >= 15 is 0 Å². The first-order valence-electron chi connectivity index (χ1n) is 6.91. The molecule has 4 heteroatoms. The number of aryl methyl sites for hydroxylation is 1. The fourth-order valence-electron chi connectivity index (χ4n) is 2.41. The number of benzene rings is 1. The lowest BCUT2D eigenvalue weighted by Crippen LogP contribution is -2.22. The third-order valence-electron chi connectivity index (χ3n) is 3.83. The molecule has 0 aliphatic heterocycles. The van der Waals surface area contributed by atoms with Crippen LogP contribution in [0.25, 0.3) is 0 Å². The summed E-state index contributed by atoms with van der Waals surface area (Å²) in [6.07, 6.45) is 1.94. The Hall–Kier alpha value is -1.81. The predicted molar refractivity (Wildman–Crippen MR) is 80.9 cm³/mol. The van der Waals surface area contributed by atoms with E-state index < -0.39 is 0 Å². The van der Waals surface area contributed by atoms with Crippen LogP contribution in [-0.4, -0.2) is 16.9 Å². The fourth-order valence-corrected chi connectivity index (χ4v) is 2.41. The summed E-state index contributed by atoms with van der Waals surface area (Å²) < 4.78 is 7.18. The minimum atomic E-state index is 0.250. The van der Waals surface area contributed by atoms with Crippen LogP contribution in [0.3, 0.4) is 0 Å². The third-order valence-corrected chi connectivity index (χ3v) is 3.83. The van der Waals surface area contributed by atoms with Gasteiger partial charge in [-0.15, -0.1) is 0 Å². The Morgan fingerprint density at radius 1 is 1.25 bits per heavy atom. The molecule has 1 N–H and O–H groups in total. The summed E-state index contributed by atoms with van der Waals surface area (Å²) in [4.78, 5) is 0. The maximum Gasteiger partial charge on any atom is 0.119 e. The first kappa shape index (κ1) is 14.6. The molecule has 0 fully saturated rings. The van der Waals surface area contributed by atoms with Crippen molar-refractivity contribution in [1.29, 1.82) is 0 Å². The van der Waals surface area contributed by atoms with Crippen molar-refractivity contribution in [3.8, 4) is 5.75 Å². The summed E-state index contributed by atoms with van der Waals surface area (Å²) in [5.41, 5.74) is 3.66. The van der Waals surface area contributed by atoms with Crippen molar-refractivity contribution in [3.63, 3.8) is 0 Å². The molecule has 0 aliphatic carbocycles. The van der Waals surface area contributed by atoms with Crippen molar-refractivity contribution in [1.82, 2.24) is 15.1 Å².